The quantitative estimate of drug-likeness (QED) is 0.752. The Hall–Kier alpha value is -3.22. The van der Waals surface area contributed by atoms with E-state index in [1.165, 1.54) is 12.1 Å². The number of nitrogens with zero attached hydrogens (tertiary/aromatic N) is 2. The van der Waals surface area contributed by atoms with Crippen LogP contribution in [0.15, 0.2) is 53.2 Å². The Kier molecular flexibility index (Phi) is 4.51. The molecule has 0 atom stereocenters. The van der Waals surface area contributed by atoms with Crippen molar-refractivity contribution in [2.45, 2.75) is 13.5 Å². The highest BCUT2D eigenvalue weighted by molar-refractivity contribution is 5.99. The molecule has 0 unspecified atom stereocenters. The van der Waals surface area contributed by atoms with Gasteiger partial charge in [0.05, 0.1) is 17.8 Å². The van der Waals surface area contributed by atoms with E-state index in [0.29, 0.717) is 22.8 Å². The highest BCUT2D eigenvalue weighted by Gasteiger charge is 2.13. The average molecular weight is 326 g/mol. The number of aryl methyl sites for hydroxylation is 1. The van der Waals surface area contributed by atoms with Gasteiger partial charge < -0.3 is 15.2 Å². The van der Waals surface area contributed by atoms with Crippen molar-refractivity contribution in [1.29, 1.82) is 0 Å². The van der Waals surface area contributed by atoms with Gasteiger partial charge in [-0.2, -0.15) is 0 Å². The van der Waals surface area contributed by atoms with Crippen molar-refractivity contribution in [1.82, 2.24) is 15.5 Å². The summed E-state index contributed by atoms with van der Waals surface area (Å²) in [7, 11) is 0. The highest BCUT2D eigenvalue weighted by Crippen LogP contribution is 2.19. The molecule has 3 aromatic rings. The van der Waals surface area contributed by atoms with E-state index < -0.39 is 0 Å². The van der Waals surface area contributed by atoms with Crippen molar-refractivity contribution in [3.8, 4) is 0 Å². The van der Waals surface area contributed by atoms with Crippen LogP contribution in [0, 0.1) is 12.7 Å². The van der Waals surface area contributed by atoms with Gasteiger partial charge in [0.2, 0.25) is 0 Å². The first-order chi connectivity index (χ1) is 11.6. The number of rotatable bonds is 5. The van der Waals surface area contributed by atoms with Crippen LogP contribution in [-0.2, 0) is 6.54 Å². The van der Waals surface area contributed by atoms with Crippen LogP contribution in [0.5, 0.6) is 0 Å². The van der Waals surface area contributed by atoms with Crippen LogP contribution < -0.4 is 10.6 Å². The molecular weight excluding hydrogens is 311 g/mol. The van der Waals surface area contributed by atoms with Gasteiger partial charge in [-0.15, -0.1) is 0 Å². The molecule has 1 amide bonds. The molecule has 2 heterocycles. The van der Waals surface area contributed by atoms with Crippen LogP contribution in [0.25, 0.3) is 0 Å². The number of pyridine rings is 1. The van der Waals surface area contributed by atoms with Crippen molar-refractivity contribution in [3.63, 3.8) is 0 Å². The third-order valence-electron chi connectivity index (χ3n) is 3.24. The maximum absolute atomic E-state index is 13.3. The largest absolute Gasteiger partial charge is 0.359 e. The van der Waals surface area contributed by atoms with Crippen LogP contribution in [0.4, 0.5) is 15.9 Å². The standard InChI is InChI=1S/C17H15FN4O2/c1-11-8-14(24-22-11)10-20-17(23)15-6-3-7-19-16(15)21-13-5-2-4-12(18)9-13/h2-9H,10H2,1H3,(H,19,21)(H,20,23). The van der Waals surface area contributed by atoms with Gasteiger partial charge in [-0.1, -0.05) is 11.2 Å². The number of nitrogens with one attached hydrogen (secondary N) is 2. The van der Waals surface area contributed by atoms with Crippen LogP contribution in [0.2, 0.25) is 0 Å². The summed E-state index contributed by atoms with van der Waals surface area (Å²) in [4.78, 5) is 16.5. The molecule has 1 aromatic carbocycles. The molecule has 0 fully saturated rings. The molecule has 24 heavy (non-hydrogen) atoms. The maximum Gasteiger partial charge on any atom is 0.255 e. The molecular formula is C17H15FN4O2. The number of hydrogen-bond acceptors (Lipinski definition) is 5. The van der Waals surface area contributed by atoms with Gasteiger partial charge in [0.25, 0.3) is 5.91 Å². The molecule has 2 N–H and O–H groups in total. The van der Waals surface area contributed by atoms with E-state index in [1.54, 1.807) is 43.5 Å². The van der Waals surface area contributed by atoms with Crippen LogP contribution >= 0.6 is 0 Å². The van der Waals surface area contributed by atoms with Crippen LogP contribution in [0.1, 0.15) is 21.8 Å². The van der Waals surface area contributed by atoms with Crippen molar-refractivity contribution in [3.05, 3.63) is 71.5 Å². The van der Waals surface area contributed by atoms with Gasteiger partial charge in [-0.05, 0) is 37.3 Å². The predicted octanol–water partition coefficient (Wildman–Crippen LogP) is 3.19. The fraction of sp³-hybridized carbons (Fsp3) is 0.118. The number of carbonyl (C=O) groups excluding carboxylic acids is 1. The van der Waals surface area contributed by atoms with Crippen molar-refractivity contribution >= 4 is 17.4 Å². The first kappa shape index (κ1) is 15.7. The number of halogens is 1. The topological polar surface area (TPSA) is 80.0 Å². The predicted molar refractivity (Wildman–Crippen MR) is 86.3 cm³/mol. The average Bonchev–Trinajstić information content (AvgIpc) is 2.99. The fourth-order valence-electron chi connectivity index (χ4n) is 2.15. The molecule has 3 rings (SSSR count). The molecule has 122 valence electrons. The van der Waals surface area contributed by atoms with Gasteiger partial charge >= 0.3 is 0 Å². The van der Waals surface area contributed by atoms with Gasteiger partial charge in [0.15, 0.2) is 5.76 Å². The van der Waals surface area contributed by atoms with Crippen molar-refractivity contribution in [2.75, 3.05) is 5.32 Å². The minimum atomic E-state index is -0.373. The summed E-state index contributed by atoms with van der Waals surface area (Å²) in [5.41, 5.74) is 1.60. The number of benzene rings is 1. The molecule has 0 bridgehead atoms. The van der Waals surface area contributed by atoms with Gasteiger partial charge in [0.1, 0.15) is 11.6 Å². The number of carbonyl (C=O) groups is 1. The van der Waals surface area contributed by atoms with Gasteiger partial charge in [-0.25, -0.2) is 9.37 Å². The Morgan fingerprint density at radius 2 is 2.12 bits per heavy atom. The summed E-state index contributed by atoms with van der Waals surface area (Å²) in [6, 6.07) is 11.0. The van der Waals surface area contributed by atoms with Gasteiger partial charge in [-0.3, -0.25) is 4.79 Å². The lowest BCUT2D eigenvalue weighted by Crippen LogP contribution is -2.23. The Bertz CT molecular complexity index is 863. The summed E-state index contributed by atoms with van der Waals surface area (Å²) >= 11 is 0. The molecule has 0 saturated heterocycles. The van der Waals surface area contributed by atoms with Crippen molar-refractivity contribution in [2.24, 2.45) is 0 Å². The summed E-state index contributed by atoms with van der Waals surface area (Å²) in [5, 5.41) is 9.45. The summed E-state index contributed by atoms with van der Waals surface area (Å²) < 4.78 is 18.3. The number of aromatic nitrogens is 2. The van der Waals surface area contributed by atoms with E-state index in [0.717, 1.165) is 5.69 Å². The minimum absolute atomic E-state index is 0.216. The number of amides is 1. The smallest absolute Gasteiger partial charge is 0.255 e. The van der Waals surface area contributed by atoms with Crippen molar-refractivity contribution < 1.29 is 13.7 Å². The molecule has 0 aliphatic heterocycles. The van der Waals surface area contributed by atoms with Crippen LogP contribution in [0.3, 0.4) is 0 Å². The molecule has 0 radical (unpaired) electrons. The van der Waals surface area contributed by atoms with Gasteiger partial charge in [0, 0.05) is 18.0 Å². The Labute approximate surface area is 137 Å². The first-order valence-electron chi connectivity index (χ1n) is 7.30. The lowest BCUT2D eigenvalue weighted by Gasteiger charge is -2.10. The number of anilines is 2. The summed E-state index contributed by atoms with van der Waals surface area (Å²) in [6.45, 7) is 2.02. The third-order valence-corrected chi connectivity index (χ3v) is 3.24. The SMILES string of the molecule is Cc1cc(CNC(=O)c2cccnc2Nc2cccc(F)c2)on1. The van der Waals surface area contributed by atoms with E-state index in [2.05, 4.69) is 20.8 Å². The Balaban J connectivity index is 1.74. The fourth-order valence-corrected chi connectivity index (χ4v) is 2.15. The van der Waals surface area contributed by atoms with E-state index in [9.17, 15) is 9.18 Å². The minimum Gasteiger partial charge on any atom is -0.359 e. The monoisotopic (exact) mass is 326 g/mol. The first-order valence-corrected chi connectivity index (χ1v) is 7.30. The molecule has 0 aliphatic carbocycles. The van der Waals surface area contributed by atoms with E-state index in [-0.39, 0.29) is 18.3 Å². The zero-order chi connectivity index (χ0) is 16.9. The third kappa shape index (κ3) is 3.75. The van der Waals surface area contributed by atoms with E-state index in [4.69, 9.17) is 4.52 Å². The molecule has 2 aromatic heterocycles. The Morgan fingerprint density at radius 1 is 1.25 bits per heavy atom. The Morgan fingerprint density at radius 3 is 2.88 bits per heavy atom. The zero-order valence-corrected chi connectivity index (χ0v) is 12.9. The van der Waals surface area contributed by atoms with E-state index >= 15 is 0 Å². The molecule has 0 aliphatic rings. The second-order valence-electron chi connectivity index (χ2n) is 5.15. The van der Waals surface area contributed by atoms with Crippen LogP contribution in [-0.4, -0.2) is 16.0 Å². The van der Waals surface area contributed by atoms with E-state index in [1.807, 2.05) is 0 Å². The second kappa shape index (κ2) is 6.91. The number of hydrogen-bond donors (Lipinski definition) is 2. The lowest BCUT2D eigenvalue weighted by molar-refractivity contribution is 0.0947. The summed E-state index contributed by atoms with van der Waals surface area (Å²) in [6.07, 6.45) is 1.55. The molecule has 0 saturated carbocycles. The molecule has 7 heteroatoms. The highest BCUT2D eigenvalue weighted by atomic mass is 19.1. The molecule has 0 spiro atoms. The normalized spacial score (nSPS) is 10.4. The summed E-state index contributed by atoms with van der Waals surface area (Å²) in [5.74, 6) is 0.206. The second-order valence-corrected chi connectivity index (χ2v) is 5.15. The zero-order valence-electron chi connectivity index (χ0n) is 12.9. The molecule has 6 nitrogen and oxygen atoms in total. The maximum atomic E-state index is 13.3. The lowest BCUT2D eigenvalue weighted by atomic mass is 10.2.